The predicted molar refractivity (Wildman–Crippen MR) is 229 cm³/mol. The molecule has 0 aromatic carbocycles. The third-order valence-electron chi connectivity index (χ3n) is 13.7. The van der Waals surface area contributed by atoms with Gasteiger partial charge in [0.25, 0.3) is 0 Å². The minimum atomic E-state index is -1.74. The van der Waals surface area contributed by atoms with E-state index in [0.717, 1.165) is 5.57 Å². The number of hydrogen-bond donors (Lipinski definition) is 4. The third kappa shape index (κ3) is 14.0. The Morgan fingerprint density at radius 2 is 1.60 bits per heavy atom. The maximum Gasteiger partial charge on any atom is 0.329 e. The fourth-order valence-corrected chi connectivity index (χ4v) is 9.47. The molecule has 1 unspecified atom stereocenters. The minimum absolute atomic E-state index is 0.0537. The molecule has 0 radical (unpaired) electrons. The maximum atomic E-state index is 14.1. The van der Waals surface area contributed by atoms with Crippen molar-refractivity contribution in [2.75, 3.05) is 13.7 Å². The highest BCUT2D eigenvalue weighted by Crippen LogP contribution is 2.39. The molecule has 3 heterocycles. The largest absolute Gasteiger partial charge is 0.460 e. The summed E-state index contributed by atoms with van der Waals surface area (Å²) in [7, 11) is 1.64. The molecule has 1 saturated carbocycles. The van der Waals surface area contributed by atoms with Crippen LogP contribution >= 0.6 is 0 Å². The average Bonchev–Trinajstić information content (AvgIpc) is 3.69. The number of esters is 1. The summed E-state index contributed by atoms with van der Waals surface area (Å²) in [6, 6.07) is -0.894. The number of ether oxygens (including phenoxy) is 3. The summed E-state index contributed by atoms with van der Waals surface area (Å²) in [4.78, 5) is 56.7. The average molecular weight is 842 g/mol. The van der Waals surface area contributed by atoms with Crippen LogP contribution in [0.5, 0.6) is 0 Å². The number of allylic oxidation sites excluding steroid dienone is 6. The second-order valence-electron chi connectivity index (χ2n) is 18.8. The highest BCUT2D eigenvalue weighted by molar-refractivity contribution is 5.87. The van der Waals surface area contributed by atoms with Gasteiger partial charge in [0.15, 0.2) is 5.79 Å². The number of aliphatic hydroxyl groups excluding tert-OH is 3. The molecular weight excluding hydrogens is 767 g/mol. The minimum Gasteiger partial charge on any atom is -0.460 e. The number of fused-ring (bicyclic) bond motifs is 3. The molecule has 338 valence electrons. The van der Waals surface area contributed by atoms with Gasteiger partial charge in [-0.1, -0.05) is 71.1 Å². The van der Waals surface area contributed by atoms with E-state index >= 15 is 0 Å². The first-order valence-electron chi connectivity index (χ1n) is 22.5. The number of methoxy groups -OCH3 is 1. The second-order valence-corrected chi connectivity index (χ2v) is 18.8. The van der Waals surface area contributed by atoms with Crippen molar-refractivity contribution in [3.8, 4) is 0 Å². The van der Waals surface area contributed by atoms with Gasteiger partial charge in [-0.25, -0.2) is 4.79 Å². The van der Waals surface area contributed by atoms with Crippen LogP contribution in [0.3, 0.4) is 0 Å². The van der Waals surface area contributed by atoms with E-state index < -0.39 is 54.0 Å². The van der Waals surface area contributed by atoms with E-state index in [0.29, 0.717) is 76.3 Å². The zero-order valence-corrected chi connectivity index (χ0v) is 37.5. The number of Topliss-reactive ketones (excluding diaryl/α,β-unsaturated/α-hetero) is 2. The van der Waals surface area contributed by atoms with Gasteiger partial charge >= 0.3 is 5.97 Å². The number of cyclic esters (lactones) is 1. The first kappa shape index (κ1) is 49.7. The molecule has 0 spiro atoms. The van der Waals surface area contributed by atoms with Crippen LogP contribution < -0.4 is 0 Å². The number of amides is 1. The van der Waals surface area contributed by atoms with Gasteiger partial charge < -0.3 is 39.5 Å². The van der Waals surface area contributed by atoms with Gasteiger partial charge in [-0.3, -0.25) is 14.4 Å². The van der Waals surface area contributed by atoms with E-state index in [1.807, 2.05) is 65.0 Å². The molecule has 0 aromatic heterocycles. The number of carbonyl (C=O) groups is 4. The summed E-state index contributed by atoms with van der Waals surface area (Å²) in [6.07, 6.45) is 12.3. The number of carbonyl (C=O) groups excluding carboxylic acids is 4. The van der Waals surface area contributed by atoms with Crippen LogP contribution in [0.15, 0.2) is 47.6 Å². The van der Waals surface area contributed by atoms with Gasteiger partial charge in [0.2, 0.25) is 5.91 Å². The van der Waals surface area contributed by atoms with Crippen LogP contribution in [-0.4, -0.2) is 111 Å². The SMILES string of the molecule is CO[C@H]1C[C@@H]2CC[C@@H](C)[C@](O)(CC(=O)N3CCC[C@H]3C(=O)O[C@H]([C@H](C)CC3CC[C@H](O)[C@@H](O)C3)CC(=O)[C@H](C)/C=C(\C)[C@@H](O)CC(=O)[C@H](C)C[C@H](C)/C=C/C=C/C=C/1C)O2. The molecule has 60 heavy (non-hydrogen) atoms. The van der Waals surface area contributed by atoms with Crippen LogP contribution in [0.2, 0.25) is 0 Å². The topological polar surface area (TPSA) is 180 Å². The first-order valence-corrected chi connectivity index (χ1v) is 22.5. The van der Waals surface area contributed by atoms with Crippen molar-refractivity contribution in [1.82, 2.24) is 4.90 Å². The van der Waals surface area contributed by atoms with Crippen molar-refractivity contribution in [2.45, 2.75) is 180 Å². The van der Waals surface area contributed by atoms with Crippen molar-refractivity contribution in [3.05, 3.63) is 47.6 Å². The van der Waals surface area contributed by atoms with Crippen molar-refractivity contribution >= 4 is 23.4 Å². The molecule has 3 aliphatic heterocycles. The summed E-state index contributed by atoms with van der Waals surface area (Å²) < 4.78 is 18.4. The Morgan fingerprint density at radius 1 is 0.867 bits per heavy atom. The molecule has 12 heteroatoms. The Hall–Kier alpha value is -3.00. The number of hydrogen-bond acceptors (Lipinski definition) is 11. The molecule has 12 nitrogen and oxygen atoms in total. The molecule has 0 aromatic rings. The second kappa shape index (κ2) is 22.9. The fourth-order valence-electron chi connectivity index (χ4n) is 9.47. The smallest absolute Gasteiger partial charge is 0.329 e. The van der Waals surface area contributed by atoms with Gasteiger partial charge in [0, 0.05) is 50.7 Å². The van der Waals surface area contributed by atoms with Crippen molar-refractivity contribution in [1.29, 1.82) is 0 Å². The third-order valence-corrected chi connectivity index (χ3v) is 13.7. The summed E-state index contributed by atoms with van der Waals surface area (Å²) in [6.45, 7) is 13.4. The van der Waals surface area contributed by atoms with E-state index in [4.69, 9.17) is 14.2 Å². The highest BCUT2D eigenvalue weighted by atomic mass is 16.6. The van der Waals surface area contributed by atoms with E-state index in [1.54, 1.807) is 27.0 Å². The molecule has 3 fully saturated rings. The van der Waals surface area contributed by atoms with Gasteiger partial charge in [0.05, 0.1) is 36.9 Å². The van der Waals surface area contributed by atoms with Crippen molar-refractivity contribution in [2.24, 2.45) is 35.5 Å². The molecule has 1 aliphatic carbocycles. The summed E-state index contributed by atoms with van der Waals surface area (Å²) in [5, 5.41) is 43.5. The van der Waals surface area contributed by atoms with E-state index in [2.05, 4.69) is 0 Å². The van der Waals surface area contributed by atoms with Crippen LogP contribution in [0, 0.1) is 35.5 Å². The quantitative estimate of drug-likeness (QED) is 0.184. The normalized spacial score (nSPS) is 41.3. The standard InChI is InChI=1S/C48H75NO11/c1-29-13-10-9-11-14-30(2)44(58-8)25-37-18-16-35(7)48(57,60-37)28-46(55)49-20-12-15-38(49)47(56)59-45(34(6)23-36-17-19-39(50)43(54)24-36)27-42(53)33(5)22-32(4)41(52)26-40(51)31(3)21-29/h9-11,13-14,22,29,31,33-39,41,43-45,50,52,54,57H,12,15-21,23-28H2,1-8H3/b11-9+,13-10+,30-14+,32-22+/t29-,31-,33-,34-,35-,36?,37+,38+,39+,41+,43+,44+,45+,48+/m1/s1. The summed E-state index contributed by atoms with van der Waals surface area (Å²) >= 11 is 0. The predicted octanol–water partition coefficient (Wildman–Crippen LogP) is 6.33. The number of aliphatic hydroxyl groups is 4. The van der Waals surface area contributed by atoms with E-state index in [1.165, 1.54) is 4.90 Å². The van der Waals surface area contributed by atoms with Crippen LogP contribution in [0.4, 0.5) is 0 Å². The van der Waals surface area contributed by atoms with Gasteiger partial charge in [-0.2, -0.15) is 0 Å². The van der Waals surface area contributed by atoms with Crippen LogP contribution in [0.1, 0.15) is 132 Å². The lowest BCUT2D eigenvalue weighted by molar-refractivity contribution is -0.283. The maximum absolute atomic E-state index is 14.1. The van der Waals surface area contributed by atoms with Gasteiger partial charge in [-0.15, -0.1) is 0 Å². The lowest BCUT2D eigenvalue weighted by atomic mass is 9.78. The fraction of sp³-hybridized carbons (Fsp3) is 0.750. The monoisotopic (exact) mass is 842 g/mol. The molecule has 2 bridgehead atoms. The van der Waals surface area contributed by atoms with E-state index in [9.17, 15) is 39.6 Å². The van der Waals surface area contributed by atoms with Crippen molar-refractivity contribution < 1.29 is 53.8 Å². The van der Waals surface area contributed by atoms with Crippen molar-refractivity contribution in [3.63, 3.8) is 0 Å². The Balaban J connectivity index is 1.61. The molecule has 14 atom stereocenters. The Bertz CT molecular complexity index is 1590. The molecule has 4 aliphatic rings. The zero-order valence-electron chi connectivity index (χ0n) is 37.5. The summed E-state index contributed by atoms with van der Waals surface area (Å²) in [5.41, 5.74) is 1.48. The number of nitrogens with zero attached hydrogens (tertiary/aromatic N) is 1. The molecule has 4 rings (SSSR count). The Kier molecular flexibility index (Phi) is 19.0. The summed E-state index contributed by atoms with van der Waals surface area (Å²) in [5.74, 6) is -4.41. The first-order chi connectivity index (χ1) is 28.3. The lowest BCUT2D eigenvalue weighted by Crippen LogP contribution is -2.52. The van der Waals surface area contributed by atoms with Gasteiger partial charge in [0.1, 0.15) is 23.7 Å². The number of ketones is 2. The zero-order chi connectivity index (χ0) is 44.3. The van der Waals surface area contributed by atoms with Gasteiger partial charge in [-0.05, 0) is 101 Å². The lowest BCUT2D eigenvalue weighted by Gasteiger charge is -2.43. The molecule has 4 N–H and O–H groups in total. The molecular formula is C48H75NO11. The van der Waals surface area contributed by atoms with Crippen LogP contribution in [0.25, 0.3) is 0 Å². The Labute approximate surface area is 358 Å². The Morgan fingerprint density at radius 3 is 2.30 bits per heavy atom. The molecule has 2 saturated heterocycles. The highest BCUT2D eigenvalue weighted by Gasteiger charge is 2.47. The van der Waals surface area contributed by atoms with Crippen LogP contribution in [-0.2, 0) is 33.4 Å². The number of rotatable bonds is 4. The van der Waals surface area contributed by atoms with E-state index in [-0.39, 0.29) is 72.6 Å². The molecule has 1 amide bonds.